The third-order valence-corrected chi connectivity index (χ3v) is 3.70. The first kappa shape index (κ1) is 13.4. The van der Waals surface area contributed by atoms with Crippen LogP contribution in [-0.2, 0) is 0 Å². The Kier molecular flexibility index (Phi) is 3.22. The summed E-state index contributed by atoms with van der Waals surface area (Å²) in [6.07, 6.45) is 0. The summed E-state index contributed by atoms with van der Waals surface area (Å²) < 4.78 is 5.21. The van der Waals surface area contributed by atoms with E-state index in [0.717, 1.165) is 22.2 Å². The standard InChI is InChI=1S/C17H17N3O/c1-10-4-5-12(8-11(10)2)17-19-15-7-6-13(21-3)9-14(15)16(18)20-17/h4-9H,1-3H3,(H2,18,19,20). The lowest BCUT2D eigenvalue weighted by Crippen LogP contribution is -1.98. The second-order valence-corrected chi connectivity index (χ2v) is 5.11. The molecule has 0 fully saturated rings. The van der Waals surface area contributed by atoms with Gasteiger partial charge in [-0.1, -0.05) is 12.1 Å². The first-order valence-electron chi connectivity index (χ1n) is 6.77. The van der Waals surface area contributed by atoms with E-state index in [1.165, 1.54) is 11.1 Å². The number of hydrogen-bond acceptors (Lipinski definition) is 4. The molecule has 0 radical (unpaired) electrons. The lowest BCUT2D eigenvalue weighted by molar-refractivity contribution is 0.415. The van der Waals surface area contributed by atoms with Crippen LogP contribution in [0.1, 0.15) is 11.1 Å². The molecule has 0 unspecified atom stereocenters. The maximum atomic E-state index is 6.08. The molecule has 0 atom stereocenters. The predicted octanol–water partition coefficient (Wildman–Crippen LogP) is 3.50. The van der Waals surface area contributed by atoms with Crippen molar-refractivity contribution < 1.29 is 4.74 Å². The Morgan fingerprint density at radius 2 is 1.76 bits per heavy atom. The summed E-state index contributed by atoms with van der Waals surface area (Å²) in [5.41, 5.74) is 10.3. The highest BCUT2D eigenvalue weighted by Gasteiger charge is 2.09. The van der Waals surface area contributed by atoms with Gasteiger partial charge in [-0.15, -0.1) is 0 Å². The van der Waals surface area contributed by atoms with Crippen molar-refractivity contribution in [2.24, 2.45) is 0 Å². The SMILES string of the molecule is COc1ccc2nc(-c3ccc(C)c(C)c3)nc(N)c2c1. The van der Waals surface area contributed by atoms with Crippen LogP contribution in [0.4, 0.5) is 5.82 Å². The molecule has 1 aromatic heterocycles. The van der Waals surface area contributed by atoms with Crippen molar-refractivity contribution in [2.45, 2.75) is 13.8 Å². The quantitative estimate of drug-likeness (QED) is 0.780. The van der Waals surface area contributed by atoms with Crippen molar-refractivity contribution in [2.75, 3.05) is 12.8 Å². The fourth-order valence-electron chi connectivity index (χ4n) is 2.27. The van der Waals surface area contributed by atoms with Gasteiger partial charge in [0.25, 0.3) is 0 Å². The van der Waals surface area contributed by atoms with Gasteiger partial charge in [-0.3, -0.25) is 0 Å². The van der Waals surface area contributed by atoms with Gasteiger partial charge in [-0.05, 0) is 49.2 Å². The van der Waals surface area contributed by atoms with E-state index in [1.54, 1.807) is 7.11 Å². The fraction of sp³-hybridized carbons (Fsp3) is 0.176. The third-order valence-electron chi connectivity index (χ3n) is 3.70. The van der Waals surface area contributed by atoms with Gasteiger partial charge in [0.05, 0.1) is 12.6 Å². The molecular weight excluding hydrogens is 262 g/mol. The molecular formula is C17H17N3O. The zero-order valence-electron chi connectivity index (χ0n) is 12.3. The minimum atomic E-state index is 0.465. The number of fused-ring (bicyclic) bond motifs is 1. The summed E-state index contributed by atoms with van der Waals surface area (Å²) in [5, 5.41) is 0.807. The average molecular weight is 279 g/mol. The monoisotopic (exact) mass is 279 g/mol. The maximum absolute atomic E-state index is 6.08. The van der Waals surface area contributed by atoms with E-state index in [4.69, 9.17) is 10.5 Å². The summed E-state index contributed by atoms with van der Waals surface area (Å²) >= 11 is 0. The highest BCUT2D eigenvalue weighted by Crippen LogP contribution is 2.27. The van der Waals surface area contributed by atoms with E-state index in [1.807, 2.05) is 24.3 Å². The van der Waals surface area contributed by atoms with Gasteiger partial charge < -0.3 is 10.5 Å². The number of benzene rings is 2. The smallest absolute Gasteiger partial charge is 0.162 e. The number of anilines is 1. The Morgan fingerprint density at radius 1 is 0.952 bits per heavy atom. The number of methoxy groups -OCH3 is 1. The molecule has 4 nitrogen and oxygen atoms in total. The molecule has 21 heavy (non-hydrogen) atoms. The Morgan fingerprint density at radius 3 is 2.48 bits per heavy atom. The molecule has 2 N–H and O–H groups in total. The Hall–Kier alpha value is -2.62. The molecule has 0 aliphatic heterocycles. The third kappa shape index (κ3) is 2.40. The maximum Gasteiger partial charge on any atom is 0.162 e. The number of aryl methyl sites for hydroxylation is 2. The Labute approximate surface area is 123 Å². The van der Waals surface area contributed by atoms with Crippen LogP contribution >= 0.6 is 0 Å². The van der Waals surface area contributed by atoms with E-state index in [9.17, 15) is 0 Å². The molecule has 106 valence electrons. The molecule has 0 amide bonds. The van der Waals surface area contributed by atoms with Crippen molar-refractivity contribution in [3.63, 3.8) is 0 Å². The van der Waals surface area contributed by atoms with Crippen LogP contribution in [0.15, 0.2) is 36.4 Å². The molecule has 2 aromatic carbocycles. The highest BCUT2D eigenvalue weighted by atomic mass is 16.5. The second kappa shape index (κ2) is 5.05. The number of ether oxygens (including phenoxy) is 1. The lowest BCUT2D eigenvalue weighted by atomic mass is 10.1. The summed E-state index contributed by atoms with van der Waals surface area (Å²) in [7, 11) is 1.63. The molecule has 0 bridgehead atoms. The zero-order valence-corrected chi connectivity index (χ0v) is 12.3. The van der Waals surface area contributed by atoms with Gasteiger partial charge in [0.1, 0.15) is 11.6 Å². The van der Waals surface area contributed by atoms with Gasteiger partial charge in [0.15, 0.2) is 5.82 Å². The number of rotatable bonds is 2. The Balaban J connectivity index is 2.18. The number of hydrogen-bond donors (Lipinski definition) is 1. The van der Waals surface area contributed by atoms with Crippen LogP contribution < -0.4 is 10.5 Å². The molecule has 0 saturated heterocycles. The minimum absolute atomic E-state index is 0.465. The van der Waals surface area contributed by atoms with E-state index in [-0.39, 0.29) is 0 Å². The molecule has 4 heteroatoms. The lowest BCUT2D eigenvalue weighted by Gasteiger charge is -2.08. The molecule has 0 spiro atoms. The summed E-state index contributed by atoms with van der Waals surface area (Å²) in [5.74, 6) is 1.86. The summed E-state index contributed by atoms with van der Waals surface area (Å²) in [4.78, 5) is 9.03. The topological polar surface area (TPSA) is 61.0 Å². The summed E-state index contributed by atoms with van der Waals surface area (Å²) in [6, 6.07) is 11.8. The first-order valence-corrected chi connectivity index (χ1v) is 6.77. The predicted molar refractivity (Wildman–Crippen MR) is 85.4 cm³/mol. The van der Waals surface area contributed by atoms with E-state index < -0.39 is 0 Å². The fourth-order valence-corrected chi connectivity index (χ4v) is 2.27. The minimum Gasteiger partial charge on any atom is -0.497 e. The van der Waals surface area contributed by atoms with Crippen molar-refractivity contribution in [3.8, 4) is 17.1 Å². The normalized spacial score (nSPS) is 10.8. The van der Waals surface area contributed by atoms with Gasteiger partial charge in [-0.25, -0.2) is 9.97 Å². The molecule has 3 aromatic rings. The second-order valence-electron chi connectivity index (χ2n) is 5.11. The van der Waals surface area contributed by atoms with Gasteiger partial charge >= 0.3 is 0 Å². The summed E-state index contributed by atoms with van der Waals surface area (Å²) in [6.45, 7) is 4.16. The van der Waals surface area contributed by atoms with Crippen LogP contribution in [0.3, 0.4) is 0 Å². The molecule has 3 rings (SSSR count). The zero-order chi connectivity index (χ0) is 15.0. The largest absolute Gasteiger partial charge is 0.497 e. The van der Waals surface area contributed by atoms with Crippen molar-refractivity contribution in [3.05, 3.63) is 47.5 Å². The highest BCUT2D eigenvalue weighted by molar-refractivity contribution is 5.90. The molecule has 0 aliphatic rings. The van der Waals surface area contributed by atoms with Crippen LogP contribution in [-0.4, -0.2) is 17.1 Å². The molecule has 0 aliphatic carbocycles. The van der Waals surface area contributed by atoms with E-state index in [0.29, 0.717) is 11.6 Å². The Bertz CT molecular complexity index is 828. The van der Waals surface area contributed by atoms with Crippen LogP contribution in [0.5, 0.6) is 5.75 Å². The first-order chi connectivity index (χ1) is 10.1. The van der Waals surface area contributed by atoms with E-state index in [2.05, 4.69) is 35.9 Å². The van der Waals surface area contributed by atoms with Crippen LogP contribution in [0.2, 0.25) is 0 Å². The van der Waals surface area contributed by atoms with Crippen molar-refractivity contribution >= 4 is 16.7 Å². The van der Waals surface area contributed by atoms with Gasteiger partial charge in [0, 0.05) is 10.9 Å². The van der Waals surface area contributed by atoms with Crippen LogP contribution in [0.25, 0.3) is 22.3 Å². The van der Waals surface area contributed by atoms with E-state index >= 15 is 0 Å². The average Bonchev–Trinajstić information content (AvgIpc) is 2.49. The van der Waals surface area contributed by atoms with Crippen LogP contribution in [0, 0.1) is 13.8 Å². The van der Waals surface area contributed by atoms with Crippen molar-refractivity contribution in [1.29, 1.82) is 0 Å². The van der Waals surface area contributed by atoms with Crippen molar-refractivity contribution in [1.82, 2.24) is 9.97 Å². The number of nitrogens with two attached hydrogens (primary N) is 1. The molecule has 0 saturated carbocycles. The number of nitrogens with zero attached hydrogens (tertiary/aromatic N) is 2. The van der Waals surface area contributed by atoms with Gasteiger partial charge in [0.2, 0.25) is 0 Å². The number of nitrogen functional groups attached to an aromatic ring is 1. The van der Waals surface area contributed by atoms with Gasteiger partial charge in [-0.2, -0.15) is 0 Å². The molecule has 1 heterocycles. The number of aromatic nitrogens is 2.